The second kappa shape index (κ2) is 10.6. The van der Waals surface area contributed by atoms with E-state index in [0.717, 1.165) is 19.0 Å². The van der Waals surface area contributed by atoms with Crippen LogP contribution in [0.5, 0.6) is 0 Å². The molecular formula is C17H27FN4O. The van der Waals surface area contributed by atoms with Crippen LogP contribution in [0.2, 0.25) is 0 Å². The molecule has 0 spiro atoms. The highest BCUT2D eigenvalue weighted by atomic mass is 19.1. The Bertz CT molecular complexity index is 517. The van der Waals surface area contributed by atoms with Crippen molar-refractivity contribution in [2.45, 2.75) is 27.2 Å². The average molecular weight is 322 g/mol. The third kappa shape index (κ3) is 8.80. The molecule has 6 heteroatoms. The Hall–Kier alpha value is -2.11. The summed E-state index contributed by atoms with van der Waals surface area (Å²) in [5, 5.41) is 9.13. The van der Waals surface area contributed by atoms with Crippen LogP contribution < -0.4 is 16.0 Å². The summed E-state index contributed by atoms with van der Waals surface area (Å²) in [6.45, 7) is 8.84. The number of nitrogens with one attached hydrogen (secondary N) is 3. The average Bonchev–Trinajstić information content (AvgIpc) is 2.49. The zero-order valence-corrected chi connectivity index (χ0v) is 14.2. The summed E-state index contributed by atoms with van der Waals surface area (Å²) >= 11 is 0. The van der Waals surface area contributed by atoms with Gasteiger partial charge in [0, 0.05) is 26.2 Å². The number of aliphatic imine (C=N–C) groups is 1. The van der Waals surface area contributed by atoms with Gasteiger partial charge in [-0.1, -0.05) is 26.0 Å². The fourth-order valence-corrected chi connectivity index (χ4v) is 1.89. The molecule has 0 atom stereocenters. The Morgan fingerprint density at radius 1 is 1.22 bits per heavy atom. The fourth-order valence-electron chi connectivity index (χ4n) is 1.89. The summed E-state index contributed by atoms with van der Waals surface area (Å²) in [6.07, 6.45) is 0.180. The molecule has 0 saturated heterocycles. The number of rotatable bonds is 8. The van der Waals surface area contributed by atoms with Crippen molar-refractivity contribution in [2.75, 3.05) is 26.2 Å². The number of carbonyl (C=O) groups excluding carboxylic acids is 1. The van der Waals surface area contributed by atoms with Gasteiger partial charge >= 0.3 is 0 Å². The van der Waals surface area contributed by atoms with E-state index >= 15 is 0 Å². The summed E-state index contributed by atoms with van der Waals surface area (Å²) in [4.78, 5) is 16.2. The van der Waals surface area contributed by atoms with E-state index in [1.807, 2.05) is 6.92 Å². The molecular weight excluding hydrogens is 295 g/mol. The number of hydrogen-bond donors (Lipinski definition) is 3. The number of hydrogen-bond acceptors (Lipinski definition) is 2. The van der Waals surface area contributed by atoms with Gasteiger partial charge in [0.25, 0.3) is 0 Å². The third-order valence-electron chi connectivity index (χ3n) is 2.95. The van der Waals surface area contributed by atoms with Crippen LogP contribution in [0.3, 0.4) is 0 Å². The Kier molecular flexibility index (Phi) is 8.72. The lowest BCUT2D eigenvalue weighted by molar-refractivity contribution is -0.120. The summed E-state index contributed by atoms with van der Waals surface area (Å²) in [5.74, 6) is 0.798. The molecule has 0 aliphatic carbocycles. The first kappa shape index (κ1) is 18.9. The lowest BCUT2D eigenvalue weighted by atomic mass is 10.1. The standard InChI is InChI=1S/C17H27FN4O/c1-4-19-17(22-12-13(2)3)21-9-8-20-16(23)11-14-6-5-7-15(18)10-14/h5-7,10,13H,4,8-9,11-12H2,1-3H3,(H,20,23)(H2,19,21,22). The fraction of sp³-hybridized carbons (Fsp3) is 0.529. The zero-order valence-electron chi connectivity index (χ0n) is 14.2. The molecule has 1 aromatic rings. The van der Waals surface area contributed by atoms with Crippen molar-refractivity contribution in [3.05, 3.63) is 35.6 Å². The maximum absolute atomic E-state index is 13.1. The highest BCUT2D eigenvalue weighted by molar-refractivity contribution is 5.80. The van der Waals surface area contributed by atoms with E-state index in [9.17, 15) is 9.18 Å². The maximum atomic E-state index is 13.1. The number of guanidine groups is 1. The zero-order chi connectivity index (χ0) is 17.1. The Morgan fingerprint density at radius 2 is 1.96 bits per heavy atom. The highest BCUT2D eigenvalue weighted by Gasteiger charge is 2.04. The summed E-state index contributed by atoms with van der Waals surface area (Å²) in [5.41, 5.74) is 0.669. The van der Waals surface area contributed by atoms with E-state index < -0.39 is 0 Å². The summed E-state index contributed by atoms with van der Waals surface area (Å²) in [6, 6.07) is 6.08. The molecule has 0 unspecified atom stereocenters. The molecule has 1 aromatic carbocycles. The van der Waals surface area contributed by atoms with Gasteiger partial charge in [-0.05, 0) is 30.5 Å². The predicted molar refractivity (Wildman–Crippen MR) is 91.9 cm³/mol. The number of carbonyl (C=O) groups is 1. The monoisotopic (exact) mass is 322 g/mol. The van der Waals surface area contributed by atoms with E-state index in [1.54, 1.807) is 12.1 Å². The molecule has 0 aromatic heterocycles. The molecule has 1 amide bonds. The van der Waals surface area contributed by atoms with Crippen molar-refractivity contribution in [1.29, 1.82) is 0 Å². The minimum atomic E-state index is -0.325. The molecule has 0 fully saturated rings. The molecule has 0 radical (unpaired) electrons. The van der Waals surface area contributed by atoms with Gasteiger partial charge in [0.1, 0.15) is 5.82 Å². The van der Waals surface area contributed by atoms with Gasteiger partial charge in [-0.2, -0.15) is 0 Å². The van der Waals surface area contributed by atoms with Gasteiger partial charge in [-0.3, -0.25) is 9.79 Å². The van der Waals surface area contributed by atoms with Crippen LogP contribution in [0.15, 0.2) is 29.3 Å². The van der Waals surface area contributed by atoms with Gasteiger partial charge in [0.15, 0.2) is 5.96 Å². The number of amides is 1. The van der Waals surface area contributed by atoms with Crippen molar-refractivity contribution >= 4 is 11.9 Å². The summed E-state index contributed by atoms with van der Waals surface area (Å²) in [7, 11) is 0. The predicted octanol–water partition coefficient (Wildman–Crippen LogP) is 1.70. The van der Waals surface area contributed by atoms with E-state index in [2.05, 4.69) is 34.8 Å². The van der Waals surface area contributed by atoms with Gasteiger partial charge < -0.3 is 16.0 Å². The van der Waals surface area contributed by atoms with E-state index in [0.29, 0.717) is 24.6 Å². The number of halogens is 1. The quantitative estimate of drug-likeness (QED) is 0.388. The third-order valence-corrected chi connectivity index (χ3v) is 2.95. The van der Waals surface area contributed by atoms with Crippen molar-refractivity contribution in [3.8, 4) is 0 Å². The first-order chi connectivity index (χ1) is 11.0. The van der Waals surface area contributed by atoms with Crippen LogP contribution in [-0.4, -0.2) is 38.0 Å². The van der Waals surface area contributed by atoms with Crippen LogP contribution >= 0.6 is 0 Å². The maximum Gasteiger partial charge on any atom is 0.224 e. The molecule has 0 aliphatic rings. The van der Waals surface area contributed by atoms with E-state index in [1.165, 1.54) is 12.1 Å². The summed E-state index contributed by atoms with van der Waals surface area (Å²) < 4.78 is 13.1. The second-order valence-corrected chi connectivity index (χ2v) is 5.70. The smallest absolute Gasteiger partial charge is 0.224 e. The Morgan fingerprint density at radius 3 is 2.61 bits per heavy atom. The van der Waals surface area contributed by atoms with Crippen molar-refractivity contribution < 1.29 is 9.18 Å². The van der Waals surface area contributed by atoms with Crippen molar-refractivity contribution in [2.24, 2.45) is 10.9 Å². The number of nitrogens with zero attached hydrogens (tertiary/aromatic N) is 1. The Balaban J connectivity index is 2.29. The van der Waals surface area contributed by atoms with E-state index in [4.69, 9.17) is 0 Å². The first-order valence-corrected chi connectivity index (χ1v) is 8.04. The van der Waals surface area contributed by atoms with Crippen LogP contribution in [0.4, 0.5) is 4.39 Å². The molecule has 5 nitrogen and oxygen atoms in total. The van der Waals surface area contributed by atoms with Crippen molar-refractivity contribution in [1.82, 2.24) is 16.0 Å². The molecule has 23 heavy (non-hydrogen) atoms. The normalized spacial score (nSPS) is 11.4. The van der Waals surface area contributed by atoms with Gasteiger partial charge in [0.2, 0.25) is 5.91 Å². The Labute approximate surface area is 137 Å². The molecule has 1 rings (SSSR count). The van der Waals surface area contributed by atoms with Crippen LogP contribution in [0.1, 0.15) is 26.3 Å². The highest BCUT2D eigenvalue weighted by Crippen LogP contribution is 2.03. The molecule has 0 saturated carbocycles. The molecule has 0 bridgehead atoms. The van der Waals surface area contributed by atoms with Gasteiger partial charge in [-0.25, -0.2) is 4.39 Å². The topological polar surface area (TPSA) is 65.5 Å². The molecule has 0 aliphatic heterocycles. The minimum Gasteiger partial charge on any atom is -0.357 e. The largest absolute Gasteiger partial charge is 0.357 e. The molecule has 0 heterocycles. The molecule has 128 valence electrons. The lowest BCUT2D eigenvalue weighted by Gasteiger charge is -2.12. The van der Waals surface area contributed by atoms with Gasteiger partial charge in [0.05, 0.1) is 6.42 Å². The number of benzene rings is 1. The van der Waals surface area contributed by atoms with E-state index in [-0.39, 0.29) is 18.1 Å². The SMILES string of the molecule is CCNC(=NCC(C)C)NCCNC(=O)Cc1cccc(F)c1. The lowest BCUT2D eigenvalue weighted by Crippen LogP contribution is -2.42. The van der Waals surface area contributed by atoms with Crippen LogP contribution in [-0.2, 0) is 11.2 Å². The first-order valence-electron chi connectivity index (χ1n) is 8.04. The molecule has 3 N–H and O–H groups in total. The van der Waals surface area contributed by atoms with Crippen LogP contribution in [0.25, 0.3) is 0 Å². The van der Waals surface area contributed by atoms with Crippen molar-refractivity contribution in [3.63, 3.8) is 0 Å². The van der Waals surface area contributed by atoms with Gasteiger partial charge in [-0.15, -0.1) is 0 Å². The second-order valence-electron chi connectivity index (χ2n) is 5.70. The van der Waals surface area contributed by atoms with Crippen LogP contribution in [0, 0.1) is 11.7 Å². The minimum absolute atomic E-state index is 0.124.